The first-order valence-electron chi connectivity index (χ1n) is 11.3. The maximum atomic E-state index is 14.2. The van der Waals surface area contributed by atoms with E-state index in [9.17, 15) is 28.1 Å². The number of carbonyl (C=O) groups excluding carboxylic acids is 2. The molecular weight excluding hydrogens is 510 g/mol. The fourth-order valence-corrected chi connectivity index (χ4v) is 5.97. The molecule has 190 valence electrons. The predicted molar refractivity (Wildman–Crippen MR) is 140 cm³/mol. The van der Waals surface area contributed by atoms with E-state index < -0.39 is 20.9 Å². The van der Waals surface area contributed by atoms with E-state index in [1.165, 1.54) is 61.7 Å². The van der Waals surface area contributed by atoms with Crippen molar-refractivity contribution in [2.75, 3.05) is 4.31 Å². The van der Waals surface area contributed by atoms with Gasteiger partial charge in [0.25, 0.3) is 21.6 Å². The SMILES string of the molecule is CC(=O)c1c(C)oc2ccc(N(C(=O)c3cccc([N+](=O)[O-])c3)S(=O)(=O)c3cccc4cccnc34)cc12. The number of nitro groups is 1. The van der Waals surface area contributed by atoms with Crippen molar-refractivity contribution in [3.8, 4) is 0 Å². The molecule has 38 heavy (non-hydrogen) atoms. The molecule has 11 heteroatoms. The third-order valence-electron chi connectivity index (χ3n) is 6.04. The first kappa shape index (κ1) is 24.8. The van der Waals surface area contributed by atoms with E-state index >= 15 is 0 Å². The molecule has 2 heterocycles. The second kappa shape index (κ2) is 9.20. The molecule has 10 nitrogen and oxygen atoms in total. The lowest BCUT2D eigenvalue weighted by Crippen LogP contribution is -2.37. The van der Waals surface area contributed by atoms with Crippen LogP contribution < -0.4 is 4.31 Å². The second-order valence-electron chi connectivity index (χ2n) is 8.48. The van der Waals surface area contributed by atoms with Gasteiger partial charge in [0.2, 0.25) is 0 Å². The molecule has 5 rings (SSSR count). The van der Waals surface area contributed by atoms with E-state index in [2.05, 4.69) is 4.98 Å². The van der Waals surface area contributed by atoms with Crippen LogP contribution in [0.1, 0.15) is 33.4 Å². The lowest BCUT2D eigenvalue weighted by molar-refractivity contribution is -0.384. The number of benzene rings is 3. The summed E-state index contributed by atoms with van der Waals surface area (Å²) in [6, 6.07) is 16.9. The third kappa shape index (κ3) is 4.08. The summed E-state index contributed by atoms with van der Waals surface area (Å²) < 4.78 is 34.6. The summed E-state index contributed by atoms with van der Waals surface area (Å²) in [6.07, 6.45) is 1.44. The van der Waals surface area contributed by atoms with Gasteiger partial charge in [-0.15, -0.1) is 0 Å². The minimum absolute atomic E-state index is 0.0785. The lowest BCUT2D eigenvalue weighted by atomic mass is 10.1. The highest BCUT2D eigenvalue weighted by molar-refractivity contribution is 7.93. The number of pyridine rings is 1. The van der Waals surface area contributed by atoms with E-state index in [-0.39, 0.29) is 38.7 Å². The number of aromatic nitrogens is 1. The molecule has 0 spiro atoms. The monoisotopic (exact) mass is 529 g/mol. The van der Waals surface area contributed by atoms with Gasteiger partial charge in [0.05, 0.1) is 21.7 Å². The molecule has 1 amide bonds. The van der Waals surface area contributed by atoms with Gasteiger partial charge in [-0.2, -0.15) is 4.31 Å². The number of fused-ring (bicyclic) bond motifs is 2. The normalized spacial score (nSPS) is 11.5. The Morgan fingerprint density at radius 1 is 1.00 bits per heavy atom. The van der Waals surface area contributed by atoms with Crippen molar-refractivity contribution < 1.29 is 27.3 Å². The Morgan fingerprint density at radius 2 is 1.74 bits per heavy atom. The summed E-state index contributed by atoms with van der Waals surface area (Å²) >= 11 is 0. The van der Waals surface area contributed by atoms with Crippen LogP contribution in [-0.2, 0) is 10.0 Å². The Kier molecular flexibility index (Phi) is 6.00. The number of carbonyl (C=O) groups is 2. The van der Waals surface area contributed by atoms with Gasteiger partial charge in [-0.25, -0.2) is 8.42 Å². The highest BCUT2D eigenvalue weighted by Gasteiger charge is 2.34. The minimum Gasteiger partial charge on any atom is -0.461 e. The number of Topliss-reactive ketones (excluding diaryl/α,β-unsaturated/α-hetero) is 1. The predicted octanol–water partition coefficient (Wildman–Crippen LogP) is 5.44. The number of sulfonamides is 1. The molecule has 0 aliphatic carbocycles. The van der Waals surface area contributed by atoms with E-state index in [0.29, 0.717) is 26.4 Å². The summed E-state index contributed by atoms with van der Waals surface area (Å²) in [5.41, 5.74) is 0.0741. The molecule has 0 N–H and O–H groups in total. The number of para-hydroxylation sites is 1. The van der Waals surface area contributed by atoms with Crippen LogP contribution in [0.4, 0.5) is 11.4 Å². The Labute approximate surface area is 216 Å². The molecule has 0 atom stereocenters. The Balaban J connectivity index is 1.78. The van der Waals surface area contributed by atoms with Gasteiger partial charge < -0.3 is 4.42 Å². The molecule has 0 aliphatic heterocycles. The zero-order chi connectivity index (χ0) is 27.2. The fraction of sp³-hybridized carbons (Fsp3) is 0.0741. The van der Waals surface area contributed by atoms with E-state index in [0.717, 1.165) is 6.07 Å². The Morgan fingerprint density at radius 3 is 2.47 bits per heavy atom. The maximum Gasteiger partial charge on any atom is 0.273 e. The number of nitrogens with zero attached hydrogens (tertiary/aromatic N) is 3. The number of anilines is 1. The van der Waals surface area contributed by atoms with Crippen LogP contribution >= 0.6 is 0 Å². The number of hydrogen-bond acceptors (Lipinski definition) is 8. The number of amides is 1. The van der Waals surface area contributed by atoms with Crippen LogP contribution in [0.25, 0.3) is 21.9 Å². The standard InChI is InChI=1S/C27H19N3O7S/c1-16(31)25-17(2)37-23-12-11-20(15-22(23)25)29(27(32)19-7-3-9-21(14-19)30(33)34)38(35,36)24-10-4-6-18-8-5-13-28-26(18)24/h3-15H,1-2H3. The van der Waals surface area contributed by atoms with Gasteiger partial charge in [-0.3, -0.25) is 24.7 Å². The summed E-state index contributed by atoms with van der Waals surface area (Å²) in [6.45, 7) is 2.97. The fourth-order valence-electron chi connectivity index (χ4n) is 4.39. The molecule has 0 fully saturated rings. The smallest absolute Gasteiger partial charge is 0.273 e. The maximum absolute atomic E-state index is 14.2. The molecule has 0 saturated heterocycles. The average Bonchev–Trinajstić information content (AvgIpc) is 3.23. The van der Waals surface area contributed by atoms with Crippen molar-refractivity contribution in [2.24, 2.45) is 0 Å². The van der Waals surface area contributed by atoms with Gasteiger partial charge in [0, 0.05) is 34.7 Å². The molecular formula is C27H19N3O7S. The van der Waals surface area contributed by atoms with Crippen LogP contribution in [0.3, 0.4) is 0 Å². The number of ketones is 1. The van der Waals surface area contributed by atoms with Crippen LogP contribution in [0.15, 0.2) is 88.3 Å². The number of hydrogen-bond donors (Lipinski definition) is 0. The molecule has 0 unspecified atom stereocenters. The highest BCUT2D eigenvalue weighted by atomic mass is 32.2. The van der Waals surface area contributed by atoms with Crippen LogP contribution in [0.5, 0.6) is 0 Å². The number of nitro benzene ring substituents is 1. The molecule has 5 aromatic rings. The van der Waals surface area contributed by atoms with Crippen molar-refractivity contribution in [1.82, 2.24) is 4.98 Å². The quantitative estimate of drug-likeness (QED) is 0.161. The highest BCUT2D eigenvalue weighted by Crippen LogP contribution is 2.34. The third-order valence-corrected chi connectivity index (χ3v) is 7.78. The largest absolute Gasteiger partial charge is 0.461 e. The molecule has 3 aromatic carbocycles. The minimum atomic E-state index is -4.62. The van der Waals surface area contributed by atoms with Gasteiger partial charge in [0.1, 0.15) is 16.2 Å². The summed E-state index contributed by atoms with van der Waals surface area (Å²) in [5.74, 6) is -0.969. The van der Waals surface area contributed by atoms with Crippen LogP contribution in [-0.4, -0.2) is 30.0 Å². The number of aryl methyl sites for hydroxylation is 1. The lowest BCUT2D eigenvalue weighted by Gasteiger charge is -2.23. The summed E-state index contributed by atoms with van der Waals surface area (Å²) in [5, 5.41) is 12.2. The van der Waals surface area contributed by atoms with Crippen molar-refractivity contribution in [2.45, 2.75) is 18.7 Å². The van der Waals surface area contributed by atoms with Gasteiger partial charge in [0.15, 0.2) is 5.78 Å². The van der Waals surface area contributed by atoms with Crippen molar-refractivity contribution >= 4 is 55.0 Å². The van der Waals surface area contributed by atoms with E-state index in [1.54, 1.807) is 25.1 Å². The van der Waals surface area contributed by atoms with Gasteiger partial charge in [-0.05, 0) is 50.2 Å². The van der Waals surface area contributed by atoms with Crippen molar-refractivity contribution in [3.05, 3.63) is 106 Å². The number of rotatable bonds is 6. The number of furan rings is 1. The first-order chi connectivity index (χ1) is 18.1. The van der Waals surface area contributed by atoms with Crippen LogP contribution in [0.2, 0.25) is 0 Å². The molecule has 0 radical (unpaired) electrons. The average molecular weight is 530 g/mol. The molecule has 2 aromatic heterocycles. The van der Waals surface area contributed by atoms with Gasteiger partial charge >= 0.3 is 0 Å². The Bertz CT molecular complexity index is 1890. The summed E-state index contributed by atoms with van der Waals surface area (Å²) in [7, 11) is -4.62. The van der Waals surface area contributed by atoms with E-state index in [1.807, 2.05) is 0 Å². The molecule has 0 saturated carbocycles. The molecule has 0 aliphatic rings. The second-order valence-corrected chi connectivity index (χ2v) is 10.2. The first-order valence-corrected chi connectivity index (χ1v) is 12.8. The molecule has 0 bridgehead atoms. The number of non-ortho nitro benzene ring substituents is 1. The van der Waals surface area contributed by atoms with Crippen LogP contribution in [0, 0.1) is 17.0 Å². The Hall–Kier alpha value is -4.90. The topological polar surface area (TPSA) is 141 Å². The van der Waals surface area contributed by atoms with E-state index in [4.69, 9.17) is 4.42 Å². The zero-order valence-corrected chi connectivity index (χ0v) is 20.9. The summed E-state index contributed by atoms with van der Waals surface area (Å²) in [4.78, 5) is 40.8. The van der Waals surface area contributed by atoms with Gasteiger partial charge in [-0.1, -0.05) is 24.3 Å². The van der Waals surface area contributed by atoms with Crippen molar-refractivity contribution in [1.29, 1.82) is 0 Å². The van der Waals surface area contributed by atoms with Crippen molar-refractivity contribution in [3.63, 3.8) is 0 Å². The zero-order valence-electron chi connectivity index (χ0n) is 20.1.